The van der Waals surface area contributed by atoms with E-state index in [2.05, 4.69) is 52.2 Å². The van der Waals surface area contributed by atoms with Gasteiger partial charge in [0.1, 0.15) is 6.17 Å². The highest BCUT2D eigenvalue weighted by atomic mass is 16.3. The van der Waals surface area contributed by atoms with Crippen molar-refractivity contribution in [3.63, 3.8) is 0 Å². The Morgan fingerprint density at radius 2 is 2.06 bits per heavy atom. The van der Waals surface area contributed by atoms with Gasteiger partial charge in [-0.05, 0) is 61.9 Å². The van der Waals surface area contributed by atoms with Crippen LogP contribution in [0.1, 0.15) is 37.2 Å². The Hall–Kier alpha value is -3.06. The molecule has 1 aromatic carbocycles. The molecule has 31 heavy (non-hydrogen) atoms. The number of nitrogens with zero attached hydrogens (tertiary/aromatic N) is 1. The summed E-state index contributed by atoms with van der Waals surface area (Å²) in [5.74, 6) is 0.695. The van der Waals surface area contributed by atoms with E-state index in [1.54, 1.807) is 18.5 Å². The van der Waals surface area contributed by atoms with Crippen LogP contribution in [-0.2, 0) is 0 Å². The summed E-state index contributed by atoms with van der Waals surface area (Å²) in [6.45, 7) is 6.15. The van der Waals surface area contributed by atoms with Crippen molar-refractivity contribution in [1.82, 2.24) is 15.6 Å². The number of para-hydroxylation sites is 2. The summed E-state index contributed by atoms with van der Waals surface area (Å²) in [6, 6.07) is 12.2. The molecular weight excluding hydrogens is 390 g/mol. The van der Waals surface area contributed by atoms with Crippen LogP contribution in [0.15, 0.2) is 53.2 Å². The number of rotatable bonds is 8. The molecule has 0 bridgehead atoms. The molecule has 1 fully saturated rings. The van der Waals surface area contributed by atoms with Crippen molar-refractivity contribution in [3.05, 3.63) is 54.6 Å². The number of hydrogen-bond acceptors (Lipinski definition) is 6. The van der Waals surface area contributed by atoms with Gasteiger partial charge in [-0.2, -0.15) is 0 Å². The van der Waals surface area contributed by atoms with Crippen LogP contribution < -0.4 is 21.3 Å². The van der Waals surface area contributed by atoms with Crippen molar-refractivity contribution in [2.45, 2.75) is 38.9 Å². The predicted octanol–water partition coefficient (Wildman–Crippen LogP) is 3.82. The number of pyridine rings is 1. The summed E-state index contributed by atoms with van der Waals surface area (Å²) >= 11 is 0. The van der Waals surface area contributed by atoms with Gasteiger partial charge in [0.15, 0.2) is 11.3 Å². The fourth-order valence-corrected chi connectivity index (χ4v) is 4.49. The first-order valence-electron chi connectivity index (χ1n) is 11.0. The zero-order chi connectivity index (χ0) is 21.4. The van der Waals surface area contributed by atoms with Crippen LogP contribution in [0.2, 0.25) is 0 Å². The molecule has 3 heterocycles. The van der Waals surface area contributed by atoms with Crippen molar-refractivity contribution < 1.29 is 9.21 Å². The van der Waals surface area contributed by atoms with Crippen LogP contribution in [0.5, 0.6) is 0 Å². The van der Waals surface area contributed by atoms with Gasteiger partial charge in [-0.25, -0.2) is 0 Å². The third-order valence-electron chi connectivity index (χ3n) is 6.81. The molecule has 7 heteroatoms. The lowest BCUT2D eigenvalue weighted by Crippen LogP contribution is -2.44. The SMILES string of the molecule is CC(NCCC1(C)CC1CNC(=O)c1cc2ccncc2o1)C1Nc2ccccc2N1. The highest BCUT2D eigenvalue weighted by molar-refractivity contribution is 5.95. The summed E-state index contributed by atoms with van der Waals surface area (Å²) in [6.07, 6.45) is 5.75. The van der Waals surface area contributed by atoms with E-state index in [-0.39, 0.29) is 17.5 Å². The van der Waals surface area contributed by atoms with Crippen molar-refractivity contribution in [2.24, 2.45) is 11.3 Å². The van der Waals surface area contributed by atoms with E-state index in [1.807, 2.05) is 18.2 Å². The molecule has 0 spiro atoms. The van der Waals surface area contributed by atoms with Gasteiger partial charge in [-0.1, -0.05) is 19.1 Å². The Labute approximate surface area is 182 Å². The van der Waals surface area contributed by atoms with Gasteiger partial charge in [0, 0.05) is 24.2 Å². The molecule has 1 amide bonds. The van der Waals surface area contributed by atoms with Crippen LogP contribution in [0.4, 0.5) is 11.4 Å². The van der Waals surface area contributed by atoms with Crippen molar-refractivity contribution >= 4 is 28.3 Å². The number of benzene rings is 1. The number of nitrogens with one attached hydrogen (secondary N) is 4. The second-order valence-corrected chi connectivity index (χ2v) is 9.09. The molecule has 5 rings (SSSR count). The number of furan rings is 1. The summed E-state index contributed by atoms with van der Waals surface area (Å²) in [5, 5.41) is 14.6. The van der Waals surface area contributed by atoms with Crippen molar-refractivity contribution in [2.75, 3.05) is 23.7 Å². The molecular formula is C24H29N5O2. The van der Waals surface area contributed by atoms with E-state index in [0.717, 1.165) is 36.1 Å². The quantitative estimate of drug-likeness (QED) is 0.444. The highest BCUT2D eigenvalue weighted by Crippen LogP contribution is 2.54. The van der Waals surface area contributed by atoms with Gasteiger partial charge in [-0.3, -0.25) is 9.78 Å². The smallest absolute Gasteiger partial charge is 0.287 e. The van der Waals surface area contributed by atoms with Crippen LogP contribution in [-0.4, -0.2) is 36.2 Å². The molecule has 1 saturated carbocycles. The molecule has 4 N–H and O–H groups in total. The van der Waals surface area contributed by atoms with E-state index in [1.165, 1.54) is 0 Å². The largest absolute Gasteiger partial charge is 0.449 e. The van der Waals surface area contributed by atoms with Crippen LogP contribution in [0, 0.1) is 11.3 Å². The molecule has 1 aliphatic carbocycles. The Kier molecular flexibility index (Phi) is 5.06. The first-order valence-corrected chi connectivity index (χ1v) is 11.0. The van der Waals surface area contributed by atoms with Gasteiger partial charge < -0.3 is 25.7 Å². The van der Waals surface area contributed by atoms with Crippen LogP contribution in [0.25, 0.3) is 11.0 Å². The molecule has 2 aromatic heterocycles. The number of hydrogen-bond donors (Lipinski definition) is 4. The number of amides is 1. The predicted molar refractivity (Wildman–Crippen MR) is 122 cm³/mol. The first kappa shape index (κ1) is 19.9. The zero-order valence-corrected chi connectivity index (χ0v) is 17.9. The number of aromatic nitrogens is 1. The van der Waals surface area contributed by atoms with E-state index in [9.17, 15) is 4.79 Å². The monoisotopic (exact) mass is 419 g/mol. The molecule has 3 unspecified atom stereocenters. The lowest BCUT2D eigenvalue weighted by molar-refractivity contribution is 0.0924. The molecule has 162 valence electrons. The fraction of sp³-hybridized carbons (Fsp3) is 0.417. The molecule has 3 aromatic rings. The Bertz CT molecular complexity index is 1040. The van der Waals surface area contributed by atoms with Gasteiger partial charge >= 0.3 is 0 Å². The molecule has 7 nitrogen and oxygen atoms in total. The summed E-state index contributed by atoms with van der Waals surface area (Å²) in [5.41, 5.74) is 3.23. The minimum atomic E-state index is -0.157. The number of carbonyl (C=O) groups is 1. The van der Waals surface area contributed by atoms with Crippen LogP contribution in [0.3, 0.4) is 0 Å². The van der Waals surface area contributed by atoms with E-state index in [4.69, 9.17) is 4.42 Å². The minimum Gasteiger partial charge on any atom is -0.449 e. The second-order valence-electron chi connectivity index (χ2n) is 9.09. The first-order chi connectivity index (χ1) is 15.0. The van der Waals surface area contributed by atoms with Crippen LogP contribution >= 0.6 is 0 Å². The maximum absolute atomic E-state index is 12.4. The standard InChI is InChI=1S/C24H29N5O2/c1-15(22-28-18-5-3-4-6-19(18)29-22)26-10-8-24(2)12-17(24)13-27-23(30)20-11-16-7-9-25-14-21(16)31-20/h3-7,9,11,14-15,17,22,26,28-29H,8,10,12-13H2,1-2H3,(H,27,30). The summed E-state index contributed by atoms with van der Waals surface area (Å²) < 4.78 is 5.60. The van der Waals surface area contributed by atoms with Gasteiger partial charge in [0.2, 0.25) is 0 Å². The molecule has 2 aliphatic rings. The maximum Gasteiger partial charge on any atom is 0.287 e. The van der Waals surface area contributed by atoms with Gasteiger partial charge in [0.25, 0.3) is 5.91 Å². The van der Waals surface area contributed by atoms with Gasteiger partial charge in [-0.15, -0.1) is 0 Å². The third kappa shape index (κ3) is 4.10. The Balaban J connectivity index is 1.05. The lowest BCUT2D eigenvalue weighted by atomic mass is 10.0. The number of anilines is 2. The number of fused-ring (bicyclic) bond motifs is 2. The lowest BCUT2D eigenvalue weighted by Gasteiger charge is -2.23. The second kappa shape index (κ2) is 7.89. The van der Waals surface area contributed by atoms with Crippen molar-refractivity contribution in [1.29, 1.82) is 0 Å². The molecule has 3 atom stereocenters. The van der Waals surface area contributed by atoms with Crippen molar-refractivity contribution in [3.8, 4) is 0 Å². The molecule has 1 aliphatic heterocycles. The Morgan fingerprint density at radius 3 is 2.81 bits per heavy atom. The summed E-state index contributed by atoms with van der Waals surface area (Å²) in [7, 11) is 0. The topological polar surface area (TPSA) is 91.2 Å². The van der Waals surface area contributed by atoms with E-state index >= 15 is 0 Å². The molecule has 0 radical (unpaired) electrons. The van der Waals surface area contributed by atoms with Gasteiger partial charge in [0.05, 0.1) is 17.6 Å². The average molecular weight is 420 g/mol. The summed E-state index contributed by atoms with van der Waals surface area (Å²) in [4.78, 5) is 16.5. The fourth-order valence-electron chi connectivity index (χ4n) is 4.49. The van der Waals surface area contributed by atoms with E-state index in [0.29, 0.717) is 29.8 Å². The normalized spacial score (nSPS) is 23.1. The third-order valence-corrected chi connectivity index (χ3v) is 6.81. The van der Waals surface area contributed by atoms with E-state index < -0.39 is 0 Å². The number of carbonyl (C=O) groups excluding carboxylic acids is 1. The highest BCUT2D eigenvalue weighted by Gasteiger charge is 2.49. The Morgan fingerprint density at radius 1 is 1.29 bits per heavy atom. The zero-order valence-electron chi connectivity index (χ0n) is 17.9. The minimum absolute atomic E-state index is 0.157. The maximum atomic E-state index is 12.4. The molecule has 0 saturated heterocycles. The average Bonchev–Trinajstić information content (AvgIpc) is 3.13.